The summed E-state index contributed by atoms with van der Waals surface area (Å²) < 4.78 is 21.2. The first kappa shape index (κ1) is 19.9. The Hall–Kier alpha value is -1.14. The summed E-state index contributed by atoms with van der Waals surface area (Å²) in [4.78, 5) is 24.2. The number of ether oxygens (including phenoxy) is 4. The van der Waals surface area contributed by atoms with Crippen LogP contribution in [0.5, 0.6) is 0 Å². The monoisotopic (exact) mass is 330 g/mol. The van der Waals surface area contributed by atoms with Crippen molar-refractivity contribution in [1.82, 2.24) is 0 Å². The molecule has 1 rings (SSSR count). The summed E-state index contributed by atoms with van der Waals surface area (Å²) in [5.74, 6) is -1.04. The van der Waals surface area contributed by atoms with Gasteiger partial charge in [0.05, 0.1) is 13.2 Å². The number of esters is 2. The summed E-state index contributed by atoms with van der Waals surface area (Å²) in [7, 11) is 0. The molecule has 0 saturated carbocycles. The molecule has 0 N–H and O–H groups in total. The lowest BCUT2D eigenvalue weighted by Gasteiger charge is -2.25. The lowest BCUT2D eigenvalue weighted by molar-refractivity contribution is -0.172. The van der Waals surface area contributed by atoms with Gasteiger partial charge in [0.25, 0.3) is 0 Å². The minimum absolute atomic E-state index is 0.106. The smallest absolute Gasteiger partial charge is 0.323 e. The first-order valence-corrected chi connectivity index (χ1v) is 8.62. The van der Waals surface area contributed by atoms with Gasteiger partial charge >= 0.3 is 11.9 Å². The average molecular weight is 330 g/mol. The summed E-state index contributed by atoms with van der Waals surface area (Å²) in [6.45, 7) is 6.85. The minimum atomic E-state index is -1.24. The molecule has 1 saturated heterocycles. The fourth-order valence-electron chi connectivity index (χ4n) is 2.51. The molecule has 134 valence electrons. The number of unbranched alkanes of at least 4 members (excludes halogenated alkanes) is 1. The Bertz CT molecular complexity index is 344. The topological polar surface area (TPSA) is 71.1 Å². The normalized spacial score (nSPS) is 18.5. The van der Waals surface area contributed by atoms with E-state index in [0.717, 1.165) is 32.3 Å². The van der Waals surface area contributed by atoms with Gasteiger partial charge in [-0.05, 0) is 59.3 Å². The second-order valence-electron chi connectivity index (χ2n) is 5.90. The number of carbonyl (C=O) groups is 2. The van der Waals surface area contributed by atoms with Gasteiger partial charge in [0.2, 0.25) is 0 Å². The number of rotatable bonds is 10. The van der Waals surface area contributed by atoms with Gasteiger partial charge in [-0.15, -0.1) is 0 Å². The first-order valence-electron chi connectivity index (χ1n) is 8.62. The molecule has 0 aromatic rings. The summed E-state index contributed by atoms with van der Waals surface area (Å²) in [5, 5.41) is 0. The molecule has 6 heteroatoms. The number of hydrogen-bond acceptors (Lipinski definition) is 6. The van der Waals surface area contributed by atoms with Crippen molar-refractivity contribution in [2.75, 3.05) is 26.4 Å². The van der Waals surface area contributed by atoms with Crippen LogP contribution in [0.2, 0.25) is 0 Å². The zero-order valence-corrected chi connectivity index (χ0v) is 14.6. The van der Waals surface area contributed by atoms with E-state index in [1.54, 1.807) is 20.8 Å². The van der Waals surface area contributed by atoms with Crippen molar-refractivity contribution in [2.24, 2.45) is 5.41 Å². The molecule has 1 atom stereocenters. The molecule has 0 bridgehead atoms. The molecular formula is C17H30O6. The van der Waals surface area contributed by atoms with Crippen LogP contribution in [0.3, 0.4) is 0 Å². The van der Waals surface area contributed by atoms with Crippen LogP contribution >= 0.6 is 0 Å². The standard InChI is InChI=1S/C17H30O6/c1-4-20-15(18)17(3,16(19)21-5-2)11-7-9-13-23-14-10-6-8-12-22-14/h14H,4-13H2,1-3H3. The molecule has 1 aliphatic rings. The van der Waals surface area contributed by atoms with Crippen molar-refractivity contribution in [3.63, 3.8) is 0 Å². The second kappa shape index (κ2) is 10.6. The molecule has 0 aliphatic carbocycles. The molecule has 0 amide bonds. The molecule has 1 fully saturated rings. The summed E-state index contributed by atoms with van der Waals surface area (Å²) in [6, 6.07) is 0. The lowest BCUT2D eigenvalue weighted by atomic mass is 9.85. The van der Waals surface area contributed by atoms with Crippen LogP contribution in [-0.4, -0.2) is 44.7 Å². The van der Waals surface area contributed by atoms with Crippen molar-refractivity contribution in [3.8, 4) is 0 Å². The number of hydrogen-bond donors (Lipinski definition) is 0. The van der Waals surface area contributed by atoms with Gasteiger partial charge in [0.1, 0.15) is 0 Å². The van der Waals surface area contributed by atoms with E-state index in [4.69, 9.17) is 18.9 Å². The van der Waals surface area contributed by atoms with Crippen molar-refractivity contribution < 1.29 is 28.5 Å². The van der Waals surface area contributed by atoms with Gasteiger partial charge in [-0.3, -0.25) is 9.59 Å². The maximum Gasteiger partial charge on any atom is 0.323 e. The van der Waals surface area contributed by atoms with E-state index < -0.39 is 17.4 Å². The highest BCUT2D eigenvalue weighted by Crippen LogP contribution is 2.28. The van der Waals surface area contributed by atoms with E-state index in [9.17, 15) is 9.59 Å². The fraction of sp³-hybridized carbons (Fsp3) is 0.882. The van der Waals surface area contributed by atoms with Crippen molar-refractivity contribution in [2.45, 2.75) is 65.6 Å². The predicted octanol–water partition coefficient (Wildman–Crippen LogP) is 2.83. The highest BCUT2D eigenvalue weighted by molar-refractivity contribution is 5.99. The third-order valence-electron chi connectivity index (χ3n) is 3.96. The van der Waals surface area contributed by atoms with Crippen LogP contribution in [0, 0.1) is 5.41 Å². The van der Waals surface area contributed by atoms with Gasteiger partial charge in [-0.2, -0.15) is 0 Å². The molecule has 0 aromatic carbocycles. The van der Waals surface area contributed by atoms with E-state index in [-0.39, 0.29) is 19.5 Å². The van der Waals surface area contributed by atoms with Crippen molar-refractivity contribution >= 4 is 11.9 Å². The SMILES string of the molecule is CCOC(=O)C(C)(CCCCOC1CCCCO1)C(=O)OCC. The van der Waals surface area contributed by atoms with Gasteiger partial charge in [0.15, 0.2) is 11.7 Å². The lowest BCUT2D eigenvalue weighted by Crippen LogP contribution is -2.39. The van der Waals surface area contributed by atoms with E-state index in [1.807, 2.05) is 0 Å². The predicted molar refractivity (Wildman–Crippen MR) is 84.8 cm³/mol. The molecule has 0 radical (unpaired) electrons. The Morgan fingerprint density at radius 2 is 1.74 bits per heavy atom. The molecule has 1 aliphatic heterocycles. The Kier molecular flexibility index (Phi) is 9.17. The summed E-state index contributed by atoms with van der Waals surface area (Å²) in [5.41, 5.74) is -1.24. The number of carbonyl (C=O) groups excluding carboxylic acids is 2. The zero-order chi connectivity index (χ0) is 17.1. The molecule has 0 aromatic heterocycles. The van der Waals surface area contributed by atoms with Crippen LogP contribution in [0.1, 0.15) is 59.3 Å². The minimum Gasteiger partial charge on any atom is -0.465 e. The molecule has 23 heavy (non-hydrogen) atoms. The third-order valence-corrected chi connectivity index (χ3v) is 3.96. The Morgan fingerprint density at radius 3 is 2.26 bits per heavy atom. The average Bonchev–Trinajstić information content (AvgIpc) is 2.55. The third kappa shape index (κ3) is 6.47. The molecule has 0 spiro atoms. The van der Waals surface area contributed by atoms with Crippen LogP contribution in [-0.2, 0) is 28.5 Å². The fourth-order valence-corrected chi connectivity index (χ4v) is 2.51. The highest BCUT2D eigenvalue weighted by atomic mass is 16.7. The molecule has 6 nitrogen and oxygen atoms in total. The zero-order valence-electron chi connectivity index (χ0n) is 14.6. The Morgan fingerprint density at radius 1 is 1.09 bits per heavy atom. The van der Waals surface area contributed by atoms with Gasteiger partial charge in [-0.25, -0.2) is 0 Å². The second-order valence-corrected chi connectivity index (χ2v) is 5.90. The van der Waals surface area contributed by atoms with Gasteiger partial charge in [-0.1, -0.05) is 0 Å². The van der Waals surface area contributed by atoms with Crippen LogP contribution in [0.15, 0.2) is 0 Å². The summed E-state index contributed by atoms with van der Waals surface area (Å²) in [6.07, 6.45) is 4.88. The van der Waals surface area contributed by atoms with Crippen LogP contribution in [0.25, 0.3) is 0 Å². The highest BCUT2D eigenvalue weighted by Gasteiger charge is 2.43. The van der Waals surface area contributed by atoms with E-state index in [0.29, 0.717) is 19.4 Å². The quantitative estimate of drug-likeness (QED) is 0.348. The molecule has 1 unspecified atom stereocenters. The van der Waals surface area contributed by atoms with Crippen LogP contribution < -0.4 is 0 Å². The van der Waals surface area contributed by atoms with E-state index in [2.05, 4.69) is 0 Å². The largest absolute Gasteiger partial charge is 0.465 e. The molecule has 1 heterocycles. The van der Waals surface area contributed by atoms with E-state index >= 15 is 0 Å². The maximum atomic E-state index is 12.1. The van der Waals surface area contributed by atoms with Crippen molar-refractivity contribution in [3.05, 3.63) is 0 Å². The van der Waals surface area contributed by atoms with Crippen LogP contribution in [0.4, 0.5) is 0 Å². The first-order chi connectivity index (χ1) is 11.0. The van der Waals surface area contributed by atoms with Gasteiger partial charge in [0, 0.05) is 13.2 Å². The summed E-state index contributed by atoms with van der Waals surface area (Å²) >= 11 is 0. The van der Waals surface area contributed by atoms with Gasteiger partial charge < -0.3 is 18.9 Å². The maximum absolute atomic E-state index is 12.1. The van der Waals surface area contributed by atoms with Crippen molar-refractivity contribution in [1.29, 1.82) is 0 Å². The Labute approximate surface area is 138 Å². The molecular weight excluding hydrogens is 300 g/mol. The Balaban J connectivity index is 2.37. The van der Waals surface area contributed by atoms with E-state index in [1.165, 1.54) is 0 Å².